The van der Waals surface area contributed by atoms with Crippen molar-refractivity contribution in [2.24, 2.45) is 0 Å². The number of aliphatic hydroxyl groups excluding tert-OH is 1. The van der Waals surface area contributed by atoms with Crippen molar-refractivity contribution in [3.63, 3.8) is 0 Å². The van der Waals surface area contributed by atoms with Gasteiger partial charge in [0.05, 0.1) is 13.0 Å². The van der Waals surface area contributed by atoms with E-state index >= 15 is 0 Å². The molecule has 0 fully saturated rings. The summed E-state index contributed by atoms with van der Waals surface area (Å²) in [4.78, 5) is 21.7. The number of alkyl halides is 3. The van der Waals surface area contributed by atoms with E-state index in [0.717, 1.165) is 0 Å². The molecule has 0 bridgehead atoms. The molecule has 1 unspecified atom stereocenters. The molecule has 2 atom stereocenters. The molecule has 0 heterocycles. The lowest BCUT2D eigenvalue weighted by Crippen LogP contribution is -2.39. The van der Waals surface area contributed by atoms with Gasteiger partial charge in [-0.05, 0) is 13.8 Å². The van der Waals surface area contributed by atoms with Crippen LogP contribution in [0.5, 0.6) is 0 Å². The van der Waals surface area contributed by atoms with Crippen LogP contribution in [0.15, 0.2) is 0 Å². The maximum absolute atomic E-state index is 11.9. The van der Waals surface area contributed by atoms with Gasteiger partial charge in [0.1, 0.15) is 6.10 Å². The highest BCUT2D eigenvalue weighted by Crippen LogP contribution is 2.21. The van der Waals surface area contributed by atoms with Crippen molar-refractivity contribution in [3.05, 3.63) is 0 Å². The van der Waals surface area contributed by atoms with Crippen LogP contribution >= 0.6 is 0 Å². The van der Waals surface area contributed by atoms with Crippen LogP contribution in [-0.4, -0.2) is 42.0 Å². The third-order valence-corrected chi connectivity index (χ3v) is 1.61. The summed E-state index contributed by atoms with van der Waals surface area (Å²) in [5, 5.41) is 8.52. The molecule has 8 heteroatoms. The standard InChI is InChI=1S/C9H13F3O5/c1-3-16-6(13)4-5(2)17-8(15)7(14)9(10,11)12/h5,7,14H,3-4H2,1-2H3/t5?,7-/m0/s1. The second-order valence-electron chi connectivity index (χ2n) is 3.20. The van der Waals surface area contributed by atoms with Crippen LogP contribution < -0.4 is 0 Å². The van der Waals surface area contributed by atoms with Crippen molar-refractivity contribution >= 4 is 11.9 Å². The lowest BCUT2D eigenvalue weighted by molar-refractivity contribution is -0.220. The fourth-order valence-electron chi connectivity index (χ4n) is 0.893. The van der Waals surface area contributed by atoms with Crippen LogP contribution in [0, 0.1) is 0 Å². The first-order chi connectivity index (χ1) is 7.68. The molecule has 0 spiro atoms. The summed E-state index contributed by atoms with van der Waals surface area (Å²) < 4.78 is 44.4. The normalized spacial score (nSPS) is 14.9. The summed E-state index contributed by atoms with van der Waals surface area (Å²) in [5.74, 6) is -2.54. The molecule has 0 aromatic carbocycles. The van der Waals surface area contributed by atoms with E-state index in [-0.39, 0.29) is 13.0 Å². The van der Waals surface area contributed by atoms with E-state index in [9.17, 15) is 22.8 Å². The van der Waals surface area contributed by atoms with Crippen LogP contribution in [0.3, 0.4) is 0 Å². The first-order valence-corrected chi connectivity index (χ1v) is 4.79. The van der Waals surface area contributed by atoms with Gasteiger partial charge < -0.3 is 14.6 Å². The Balaban J connectivity index is 4.17. The second kappa shape index (κ2) is 6.43. The molecule has 0 radical (unpaired) electrons. The Morgan fingerprint density at radius 1 is 1.35 bits per heavy atom. The van der Waals surface area contributed by atoms with Gasteiger partial charge in [-0.2, -0.15) is 13.2 Å². The van der Waals surface area contributed by atoms with E-state index in [2.05, 4.69) is 9.47 Å². The Morgan fingerprint density at radius 2 is 1.88 bits per heavy atom. The number of rotatable bonds is 5. The maximum atomic E-state index is 11.9. The predicted octanol–water partition coefficient (Wildman–Crippen LogP) is 0.794. The van der Waals surface area contributed by atoms with Gasteiger partial charge in [0.15, 0.2) is 0 Å². The minimum Gasteiger partial charge on any atom is -0.466 e. The number of carbonyl (C=O) groups excluding carboxylic acids is 2. The number of halogens is 3. The molecule has 0 aliphatic rings. The Labute approximate surface area is 95.5 Å². The highest BCUT2D eigenvalue weighted by atomic mass is 19.4. The first-order valence-electron chi connectivity index (χ1n) is 4.79. The highest BCUT2D eigenvalue weighted by molar-refractivity contribution is 5.76. The fraction of sp³-hybridized carbons (Fsp3) is 0.778. The van der Waals surface area contributed by atoms with E-state index in [1.807, 2.05) is 0 Å². The SMILES string of the molecule is CCOC(=O)CC(C)OC(=O)[C@H](O)C(F)(F)F. The maximum Gasteiger partial charge on any atom is 0.425 e. The van der Waals surface area contributed by atoms with Crippen molar-refractivity contribution < 1.29 is 37.3 Å². The van der Waals surface area contributed by atoms with E-state index in [0.29, 0.717) is 0 Å². The Hall–Kier alpha value is -1.31. The molecule has 0 saturated heterocycles. The van der Waals surface area contributed by atoms with E-state index in [4.69, 9.17) is 5.11 Å². The van der Waals surface area contributed by atoms with Crippen molar-refractivity contribution in [1.29, 1.82) is 0 Å². The third kappa shape index (κ3) is 6.10. The summed E-state index contributed by atoms with van der Waals surface area (Å²) >= 11 is 0. The van der Waals surface area contributed by atoms with Crippen molar-refractivity contribution in [2.45, 2.75) is 38.7 Å². The van der Waals surface area contributed by atoms with Crippen LogP contribution in [0.25, 0.3) is 0 Å². The minimum atomic E-state index is -5.08. The topological polar surface area (TPSA) is 72.8 Å². The van der Waals surface area contributed by atoms with E-state index in [1.165, 1.54) is 6.92 Å². The van der Waals surface area contributed by atoms with Crippen LogP contribution in [0.1, 0.15) is 20.3 Å². The summed E-state index contributed by atoms with van der Waals surface area (Å²) in [6.45, 7) is 2.89. The molecule has 0 amide bonds. The summed E-state index contributed by atoms with van der Waals surface area (Å²) in [6.07, 6.45) is -9.75. The fourth-order valence-corrected chi connectivity index (χ4v) is 0.893. The molecule has 0 saturated carbocycles. The van der Waals surface area contributed by atoms with Gasteiger partial charge in [0, 0.05) is 0 Å². The van der Waals surface area contributed by atoms with E-state index < -0.39 is 30.3 Å². The quantitative estimate of drug-likeness (QED) is 0.738. The average molecular weight is 258 g/mol. The third-order valence-electron chi connectivity index (χ3n) is 1.61. The Bertz CT molecular complexity index is 276. The Kier molecular flexibility index (Phi) is 5.94. The van der Waals surface area contributed by atoms with Crippen LogP contribution in [0.2, 0.25) is 0 Å². The van der Waals surface area contributed by atoms with E-state index in [1.54, 1.807) is 6.92 Å². The van der Waals surface area contributed by atoms with Gasteiger partial charge in [-0.3, -0.25) is 4.79 Å². The molecular weight excluding hydrogens is 245 g/mol. The van der Waals surface area contributed by atoms with Gasteiger partial charge in [0.2, 0.25) is 6.10 Å². The molecule has 0 rings (SSSR count). The molecule has 100 valence electrons. The molecule has 0 aromatic rings. The van der Waals surface area contributed by atoms with Crippen molar-refractivity contribution in [1.82, 2.24) is 0 Å². The predicted molar refractivity (Wildman–Crippen MR) is 48.9 cm³/mol. The summed E-state index contributed by atoms with van der Waals surface area (Å²) in [6, 6.07) is 0. The van der Waals surface area contributed by atoms with Crippen LogP contribution in [0.4, 0.5) is 13.2 Å². The van der Waals surface area contributed by atoms with Gasteiger partial charge in [-0.1, -0.05) is 0 Å². The summed E-state index contributed by atoms with van der Waals surface area (Å²) in [5.41, 5.74) is 0. The van der Waals surface area contributed by atoms with Gasteiger partial charge in [-0.15, -0.1) is 0 Å². The zero-order valence-corrected chi connectivity index (χ0v) is 9.28. The van der Waals surface area contributed by atoms with Gasteiger partial charge >= 0.3 is 18.1 Å². The number of carbonyl (C=O) groups is 2. The first kappa shape index (κ1) is 15.7. The molecular formula is C9H13F3O5. The molecule has 0 aliphatic heterocycles. The molecule has 5 nitrogen and oxygen atoms in total. The Morgan fingerprint density at radius 3 is 2.29 bits per heavy atom. The minimum absolute atomic E-state index is 0.116. The zero-order chi connectivity index (χ0) is 13.6. The summed E-state index contributed by atoms with van der Waals surface area (Å²) in [7, 11) is 0. The smallest absolute Gasteiger partial charge is 0.425 e. The number of ether oxygens (including phenoxy) is 2. The monoisotopic (exact) mass is 258 g/mol. The lowest BCUT2D eigenvalue weighted by atomic mass is 10.3. The van der Waals surface area contributed by atoms with Gasteiger partial charge in [0.25, 0.3) is 0 Å². The second-order valence-corrected chi connectivity index (χ2v) is 3.20. The van der Waals surface area contributed by atoms with Crippen molar-refractivity contribution in [3.8, 4) is 0 Å². The zero-order valence-electron chi connectivity index (χ0n) is 9.28. The largest absolute Gasteiger partial charge is 0.466 e. The average Bonchev–Trinajstić information content (AvgIpc) is 2.14. The number of hydrogen-bond donors (Lipinski definition) is 1. The molecule has 0 aliphatic carbocycles. The van der Waals surface area contributed by atoms with Gasteiger partial charge in [-0.25, -0.2) is 4.79 Å². The van der Waals surface area contributed by atoms with Crippen molar-refractivity contribution in [2.75, 3.05) is 6.61 Å². The number of esters is 2. The molecule has 17 heavy (non-hydrogen) atoms. The molecule has 1 N–H and O–H groups in total. The van der Waals surface area contributed by atoms with Crippen LogP contribution in [-0.2, 0) is 19.1 Å². The highest BCUT2D eigenvalue weighted by Gasteiger charge is 2.45. The molecule has 0 aromatic heterocycles. The number of aliphatic hydroxyl groups is 1. The number of hydrogen-bond acceptors (Lipinski definition) is 5. The lowest BCUT2D eigenvalue weighted by Gasteiger charge is -2.17.